The molecule has 0 atom stereocenters. The van der Waals surface area contributed by atoms with E-state index in [0.717, 1.165) is 28.6 Å². The zero-order chi connectivity index (χ0) is 18.4. The van der Waals surface area contributed by atoms with Crippen LogP contribution in [0.15, 0.2) is 6.33 Å². The number of aliphatic carboxylic acids is 1. The molecule has 0 saturated carbocycles. The molecule has 2 aromatic rings. The summed E-state index contributed by atoms with van der Waals surface area (Å²) in [6.45, 7) is 6.19. The number of anilines is 1. The van der Waals surface area contributed by atoms with Crippen LogP contribution < -0.4 is 5.32 Å². The number of aromatic nitrogens is 2. The average molecular weight is 402 g/mol. The molecule has 0 spiro atoms. The van der Waals surface area contributed by atoms with Gasteiger partial charge in [-0.1, -0.05) is 6.42 Å². The van der Waals surface area contributed by atoms with Crippen molar-refractivity contribution in [3.63, 3.8) is 0 Å². The Morgan fingerprint density at radius 3 is 2.65 bits per heavy atom. The third-order valence-electron chi connectivity index (χ3n) is 3.61. The standard InChI is InChI=1S/C17H23N3O4S.ClH/c1-10(2)24-17(23)14-11(3)13-15(19-9-20-16(13)25-14)18-8-6-4-5-7-12(21)22;/h9-10H,4-8H2,1-3H3,(H,21,22)(H,18,19,20);1H. The normalized spacial score (nSPS) is 10.6. The second-order valence-corrected chi connectivity index (χ2v) is 7.04. The van der Waals surface area contributed by atoms with Crippen molar-refractivity contribution in [2.24, 2.45) is 0 Å². The van der Waals surface area contributed by atoms with E-state index in [1.165, 1.54) is 17.7 Å². The van der Waals surface area contributed by atoms with Crippen LogP contribution in [0, 0.1) is 6.92 Å². The molecule has 2 heterocycles. The number of carboxylic acid groups (broad SMARTS) is 1. The lowest BCUT2D eigenvalue weighted by Gasteiger charge is -2.08. The van der Waals surface area contributed by atoms with Gasteiger partial charge in [0.1, 0.15) is 21.9 Å². The Balaban J connectivity index is 0.00000338. The van der Waals surface area contributed by atoms with E-state index in [1.807, 2.05) is 20.8 Å². The summed E-state index contributed by atoms with van der Waals surface area (Å²) in [5.74, 6) is -0.407. The third-order valence-corrected chi connectivity index (χ3v) is 4.79. The van der Waals surface area contributed by atoms with Crippen LogP contribution in [0.5, 0.6) is 0 Å². The minimum absolute atomic E-state index is 0. The maximum atomic E-state index is 12.2. The molecule has 0 aliphatic heterocycles. The fourth-order valence-corrected chi connectivity index (χ4v) is 3.48. The molecule has 144 valence electrons. The second-order valence-electron chi connectivity index (χ2n) is 6.04. The highest BCUT2D eigenvalue weighted by Gasteiger charge is 2.20. The van der Waals surface area contributed by atoms with Gasteiger partial charge in [-0.3, -0.25) is 4.79 Å². The number of carbonyl (C=O) groups is 2. The average Bonchev–Trinajstić information content (AvgIpc) is 2.88. The van der Waals surface area contributed by atoms with Crippen LogP contribution in [-0.4, -0.2) is 39.7 Å². The van der Waals surface area contributed by atoms with Crippen molar-refractivity contribution < 1.29 is 19.4 Å². The highest BCUT2D eigenvalue weighted by Crippen LogP contribution is 2.33. The largest absolute Gasteiger partial charge is 0.481 e. The van der Waals surface area contributed by atoms with Crippen molar-refractivity contribution in [2.45, 2.75) is 52.6 Å². The van der Waals surface area contributed by atoms with E-state index in [1.54, 1.807) is 0 Å². The van der Waals surface area contributed by atoms with E-state index in [9.17, 15) is 9.59 Å². The van der Waals surface area contributed by atoms with Gasteiger partial charge in [0.25, 0.3) is 0 Å². The van der Waals surface area contributed by atoms with E-state index in [4.69, 9.17) is 9.84 Å². The molecule has 0 aliphatic carbocycles. The molecule has 0 unspecified atom stereocenters. The van der Waals surface area contributed by atoms with E-state index in [2.05, 4.69) is 15.3 Å². The number of nitrogens with one attached hydrogen (secondary N) is 1. The summed E-state index contributed by atoms with van der Waals surface area (Å²) in [5, 5.41) is 12.7. The summed E-state index contributed by atoms with van der Waals surface area (Å²) in [6, 6.07) is 0. The monoisotopic (exact) mass is 401 g/mol. The number of halogens is 1. The van der Waals surface area contributed by atoms with Gasteiger partial charge in [0.15, 0.2) is 0 Å². The maximum Gasteiger partial charge on any atom is 0.348 e. The molecule has 2 rings (SSSR count). The molecule has 0 amide bonds. The molecule has 0 radical (unpaired) electrons. The van der Waals surface area contributed by atoms with Gasteiger partial charge < -0.3 is 15.2 Å². The summed E-state index contributed by atoms with van der Waals surface area (Å²) in [7, 11) is 0. The molecule has 0 aromatic carbocycles. The number of fused-ring (bicyclic) bond motifs is 1. The Morgan fingerprint density at radius 2 is 2.00 bits per heavy atom. The maximum absolute atomic E-state index is 12.2. The van der Waals surface area contributed by atoms with Gasteiger partial charge in [0, 0.05) is 13.0 Å². The molecule has 0 fully saturated rings. The molecule has 26 heavy (non-hydrogen) atoms. The molecule has 2 N–H and O–H groups in total. The van der Waals surface area contributed by atoms with E-state index >= 15 is 0 Å². The first-order valence-corrected chi connectivity index (χ1v) is 9.12. The van der Waals surface area contributed by atoms with Crippen LogP contribution in [0.3, 0.4) is 0 Å². The zero-order valence-corrected chi connectivity index (χ0v) is 16.7. The number of nitrogens with zero attached hydrogens (tertiary/aromatic N) is 2. The van der Waals surface area contributed by atoms with Gasteiger partial charge in [-0.05, 0) is 39.2 Å². The van der Waals surface area contributed by atoms with Crippen molar-refractivity contribution in [1.29, 1.82) is 0 Å². The zero-order valence-electron chi connectivity index (χ0n) is 15.1. The summed E-state index contributed by atoms with van der Waals surface area (Å²) in [5.41, 5.74) is 0.819. The van der Waals surface area contributed by atoms with Gasteiger partial charge in [-0.2, -0.15) is 0 Å². The Kier molecular flexibility index (Phi) is 8.74. The number of ether oxygens (including phenoxy) is 1. The van der Waals surface area contributed by atoms with Crippen molar-refractivity contribution in [3.05, 3.63) is 16.8 Å². The Labute approximate surface area is 162 Å². The fraction of sp³-hybridized carbons (Fsp3) is 0.529. The van der Waals surface area contributed by atoms with Crippen molar-refractivity contribution in [1.82, 2.24) is 9.97 Å². The number of esters is 1. The van der Waals surface area contributed by atoms with E-state index < -0.39 is 5.97 Å². The first-order chi connectivity index (χ1) is 11.9. The summed E-state index contributed by atoms with van der Waals surface area (Å²) in [4.78, 5) is 32.5. The quantitative estimate of drug-likeness (QED) is 0.482. The Hall–Kier alpha value is -1.93. The topological polar surface area (TPSA) is 101 Å². The fourth-order valence-electron chi connectivity index (χ4n) is 2.45. The molecular weight excluding hydrogens is 378 g/mol. The van der Waals surface area contributed by atoms with E-state index in [0.29, 0.717) is 23.7 Å². The number of hydrogen-bond acceptors (Lipinski definition) is 7. The number of hydrogen-bond donors (Lipinski definition) is 2. The van der Waals surface area contributed by atoms with Crippen LogP contribution in [0.4, 0.5) is 5.82 Å². The lowest BCUT2D eigenvalue weighted by molar-refractivity contribution is -0.137. The van der Waals surface area contributed by atoms with Gasteiger partial charge in [-0.15, -0.1) is 23.7 Å². The van der Waals surface area contributed by atoms with Crippen LogP contribution in [0.25, 0.3) is 10.2 Å². The number of carbonyl (C=O) groups excluding carboxylic acids is 1. The first kappa shape index (κ1) is 22.1. The number of aryl methyl sites for hydroxylation is 1. The predicted molar refractivity (Wildman–Crippen MR) is 105 cm³/mol. The molecule has 0 saturated heterocycles. The SMILES string of the molecule is Cc1c(C(=O)OC(C)C)sc2ncnc(NCCCCCC(=O)O)c12.Cl. The highest BCUT2D eigenvalue weighted by molar-refractivity contribution is 7.20. The minimum Gasteiger partial charge on any atom is -0.481 e. The first-order valence-electron chi connectivity index (χ1n) is 8.31. The van der Waals surface area contributed by atoms with Crippen LogP contribution in [0.2, 0.25) is 0 Å². The molecular formula is C17H24ClN3O4S. The molecule has 7 nitrogen and oxygen atoms in total. The summed E-state index contributed by atoms with van der Waals surface area (Å²) in [6.07, 6.45) is 3.85. The van der Waals surface area contributed by atoms with Crippen LogP contribution in [-0.2, 0) is 9.53 Å². The van der Waals surface area contributed by atoms with Gasteiger partial charge in [0.2, 0.25) is 0 Å². The van der Waals surface area contributed by atoms with Crippen molar-refractivity contribution in [3.8, 4) is 0 Å². The lowest BCUT2D eigenvalue weighted by Crippen LogP contribution is -2.11. The van der Waals surface area contributed by atoms with Crippen molar-refractivity contribution in [2.75, 3.05) is 11.9 Å². The molecule has 2 aromatic heterocycles. The number of unbranched alkanes of at least 4 members (excludes halogenated alkanes) is 2. The number of rotatable bonds is 9. The number of thiophene rings is 1. The van der Waals surface area contributed by atoms with Gasteiger partial charge >= 0.3 is 11.9 Å². The van der Waals surface area contributed by atoms with Crippen LogP contribution >= 0.6 is 23.7 Å². The molecule has 0 aliphatic rings. The Morgan fingerprint density at radius 1 is 1.27 bits per heavy atom. The lowest BCUT2D eigenvalue weighted by atomic mass is 10.2. The summed E-state index contributed by atoms with van der Waals surface area (Å²) >= 11 is 1.31. The summed E-state index contributed by atoms with van der Waals surface area (Å²) < 4.78 is 5.29. The van der Waals surface area contributed by atoms with E-state index in [-0.39, 0.29) is 30.9 Å². The highest BCUT2D eigenvalue weighted by atomic mass is 35.5. The molecule has 0 bridgehead atoms. The minimum atomic E-state index is -0.764. The van der Waals surface area contributed by atoms with Gasteiger partial charge in [-0.25, -0.2) is 14.8 Å². The molecule has 9 heteroatoms. The van der Waals surface area contributed by atoms with Gasteiger partial charge in [0.05, 0.1) is 11.5 Å². The predicted octanol–water partition coefficient (Wildman–Crippen LogP) is 4.04. The van der Waals surface area contributed by atoms with Crippen LogP contribution in [0.1, 0.15) is 54.8 Å². The number of carboxylic acids is 1. The second kappa shape index (κ2) is 10.3. The van der Waals surface area contributed by atoms with Crippen molar-refractivity contribution >= 4 is 51.7 Å². The Bertz CT molecular complexity index is 764. The third kappa shape index (κ3) is 5.81. The smallest absolute Gasteiger partial charge is 0.348 e.